The molecule has 7 rings (SSSR count). The van der Waals surface area contributed by atoms with Crippen LogP contribution in [0.3, 0.4) is 0 Å². The van der Waals surface area contributed by atoms with Gasteiger partial charge < -0.3 is 4.74 Å². The number of carbonyl (C=O) groups excluding carboxylic acids is 2. The smallest absolute Gasteiger partial charge is 0.238 e. The van der Waals surface area contributed by atoms with Crippen molar-refractivity contribution in [2.45, 2.75) is 24.0 Å². The highest BCUT2D eigenvalue weighted by Gasteiger charge is 2.69. The van der Waals surface area contributed by atoms with E-state index in [0.29, 0.717) is 16.9 Å². The molecule has 2 aromatic carbocycles. The van der Waals surface area contributed by atoms with Gasteiger partial charge in [0.05, 0.1) is 24.6 Å². The zero-order valence-electron chi connectivity index (χ0n) is 18.8. The number of rotatable bonds is 3. The molecule has 2 aromatic rings. The fraction of sp³-hybridized carbons (Fsp3) is 0.357. The summed E-state index contributed by atoms with van der Waals surface area (Å²) in [6, 6.07) is 17.9. The van der Waals surface area contributed by atoms with E-state index < -0.39 is 0 Å². The highest BCUT2D eigenvalue weighted by atomic mass is 32.2. The largest absolute Gasteiger partial charge is 0.497 e. The maximum Gasteiger partial charge on any atom is 0.238 e. The van der Waals surface area contributed by atoms with Crippen LogP contribution in [0.15, 0.2) is 75.9 Å². The third-order valence-corrected chi connectivity index (χ3v) is 11.3. The van der Waals surface area contributed by atoms with Gasteiger partial charge in [0, 0.05) is 27.4 Å². The molecule has 5 aliphatic rings. The number of allylic oxidation sites excluding steroid dienone is 3. The average molecular weight is 488 g/mol. The summed E-state index contributed by atoms with van der Waals surface area (Å²) in [7, 11) is 1.69. The maximum absolute atomic E-state index is 13.7. The van der Waals surface area contributed by atoms with Crippen LogP contribution in [-0.2, 0) is 9.59 Å². The van der Waals surface area contributed by atoms with Crippen molar-refractivity contribution in [3.8, 4) is 5.75 Å². The molecule has 172 valence electrons. The second-order valence-corrected chi connectivity index (χ2v) is 12.5. The molecular formula is C28H25NO3S2. The molecule has 0 spiro atoms. The number of thioether (sulfide) groups is 2. The minimum atomic E-state index is -0.197. The Morgan fingerprint density at radius 2 is 1.68 bits per heavy atom. The van der Waals surface area contributed by atoms with Gasteiger partial charge in [0.2, 0.25) is 11.8 Å². The van der Waals surface area contributed by atoms with Gasteiger partial charge in [0.15, 0.2) is 0 Å². The molecule has 0 unspecified atom stereocenters. The predicted molar refractivity (Wildman–Crippen MR) is 136 cm³/mol. The summed E-state index contributed by atoms with van der Waals surface area (Å²) in [6.45, 7) is 4.28. The van der Waals surface area contributed by atoms with Crippen molar-refractivity contribution in [1.82, 2.24) is 0 Å². The fourth-order valence-corrected chi connectivity index (χ4v) is 10.6. The lowest BCUT2D eigenvalue weighted by molar-refractivity contribution is -0.123. The van der Waals surface area contributed by atoms with Gasteiger partial charge in [-0.1, -0.05) is 48.7 Å². The van der Waals surface area contributed by atoms with Gasteiger partial charge in [0.25, 0.3) is 0 Å². The summed E-state index contributed by atoms with van der Waals surface area (Å²) in [5.41, 5.74) is 1.99. The first-order valence-corrected chi connectivity index (χ1v) is 13.6. The second kappa shape index (κ2) is 7.53. The quantitative estimate of drug-likeness (QED) is 0.510. The van der Waals surface area contributed by atoms with Crippen LogP contribution in [0.5, 0.6) is 5.75 Å². The van der Waals surface area contributed by atoms with Crippen LogP contribution in [0.4, 0.5) is 5.69 Å². The van der Waals surface area contributed by atoms with Gasteiger partial charge in [-0.2, -0.15) is 0 Å². The molecule has 2 amide bonds. The van der Waals surface area contributed by atoms with E-state index in [4.69, 9.17) is 4.74 Å². The Balaban J connectivity index is 1.30. The van der Waals surface area contributed by atoms with Crippen molar-refractivity contribution in [2.24, 2.45) is 29.6 Å². The van der Waals surface area contributed by atoms with Crippen LogP contribution in [0.25, 0.3) is 0 Å². The van der Waals surface area contributed by atoms with Crippen molar-refractivity contribution < 1.29 is 14.3 Å². The van der Waals surface area contributed by atoms with E-state index in [0.717, 1.165) is 18.6 Å². The molecule has 6 heteroatoms. The summed E-state index contributed by atoms with van der Waals surface area (Å²) < 4.78 is 5.41. The SMILES string of the molecule is C=C1CC2=C(S1)[C@H](c1ccc(OC)cc1)[C@H]1[C@H]3C[C@@H]([C@H]1S2)[C@H]1C(=O)N(c2ccccc2)C(=O)[C@@H]31. The molecule has 3 heterocycles. The summed E-state index contributed by atoms with van der Waals surface area (Å²) in [5, 5.41) is 0.371. The lowest BCUT2D eigenvalue weighted by Gasteiger charge is -2.44. The normalized spacial score (nSPS) is 35.6. The second-order valence-electron chi connectivity index (χ2n) is 9.98. The molecule has 1 saturated heterocycles. The molecular weight excluding hydrogens is 462 g/mol. The monoisotopic (exact) mass is 487 g/mol. The van der Waals surface area contributed by atoms with Crippen LogP contribution in [-0.4, -0.2) is 24.2 Å². The number of ether oxygens (including phenoxy) is 1. The first-order valence-electron chi connectivity index (χ1n) is 11.9. The zero-order chi connectivity index (χ0) is 23.1. The van der Waals surface area contributed by atoms with Crippen LogP contribution >= 0.6 is 23.5 Å². The summed E-state index contributed by atoms with van der Waals surface area (Å²) in [6.07, 6.45) is 1.91. The Morgan fingerprint density at radius 3 is 2.38 bits per heavy atom. The average Bonchev–Trinajstić information content (AvgIpc) is 3.58. The van der Waals surface area contributed by atoms with Gasteiger partial charge in [-0.25, -0.2) is 0 Å². The minimum Gasteiger partial charge on any atom is -0.497 e. The number of benzene rings is 2. The Kier molecular flexibility index (Phi) is 4.63. The maximum atomic E-state index is 13.7. The van der Waals surface area contributed by atoms with Crippen LogP contribution < -0.4 is 9.64 Å². The topological polar surface area (TPSA) is 46.6 Å². The number of nitrogens with zero attached hydrogens (tertiary/aromatic N) is 1. The molecule has 2 aliphatic carbocycles. The summed E-state index contributed by atoms with van der Waals surface area (Å²) in [4.78, 5) is 32.9. The highest BCUT2D eigenvalue weighted by molar-refractivity contribution is 8.10. The number of amides is 2. The first kappa shape index (κ1) is 20.9. The third-order valence-electron chi connectivity index (χ3n) is 8.48. The molecule has 34 heavy (non-hydrogen) atoms. The number of para-hydroxylation sites is 1. The first-order chi connectivity index (χ1) is 16.6. The van der Waals surface area contributed by atoms with Crippen molar-refractivity contribution in [3.05, 3.63) is 81.5 Å². The molecule has 2 bridgehead atoms. The van der Waals surface area contributed by atoms with Crippen LogP contribution in [0, 0.1) is 29.6 Å². The fourth-order valence-electron chi connectivity index (χ4n) is 7.29. The lowest BCUT2D eigenvalue weighted by atomic mass is 9.68. The van der Waals surface area contributed by atoms with Crippen molar-refractivity contribution in [1.29, 1.82) is 0 Å². The van der Waals surface area contributed by atoms with Crippen LogP contribution in [0.1, 0.15) is 24.3 Å². The van der Waals surface area contributed by atoms with E-state index in [1.54, 1.807) is 7.11 Å². The van der Waals surface area contributed by atoms with E-state index in [-0.39, 0.29) is 41.4 Å². The van der Waals surface area contributed by atoms with Gasteiger partial charge in [0.1, 0.15) is 5.75 Å². The predicted octanol–water partition coefficient (Wildman–Crippen LogP) is 5.83. The molecule has 4 nitrogen and oxygen atoms in total. The number of imide groups is 1. The number of hydrogen-bond acceptors (Lipinski definition) is 5. The number of hydrogen-bond donors (Lipinski definition) is 0. The number of methoxy groups -OCH3 is 1. The number of carbonyl (C=O) groups is 2. The minimum absolute atomic E-state index is 0.00823. The molecule has 0 aromatic heterocycles. The van der Waals surface area contributed by atoms with E-state index in [1.807, 2.05) is 66.0 Å². The summed E-state index contributed by atoms with van der Waals surface area (Å²) >= 11 is 3.82. The number of fused-ring (bicyclic) bond motifs is 8. The Bertz CT molecular complexity index is 1250. The standard InChI is InChI=1S/C28H25NO3S2/c1-14-12-20-26(33-14)21(15-8-10-17(32-2)11-9-15)22-18-13-19(25(22)34-20)24-23(18)27(30)29(28(24)31)16-6-4-3-5-7-16/h3-11,18-19,21-25H,1,12-13H2,2H3/t18-,19-,21-,22-,23+,24-,25-/m1/s1. The van der Waals surface area contributed by atoms with Crippen molar-refractivity contribution >= 4 is 41.0 Å². The van der Waals surface area contributed by atoms with Crippen LogP contribution in [0.2, 0.25) is 0 Å². The van der Waals surface area contributed by atoms with E-state index in [2.05, 4.69) is 18.7 Å². The molecule has 3 fully saturated rings. The Hall–Kier alpha value is -2.44. The van der Waals surface area contributed by atoms with Gasteiger partial charge in [-0.05, 0) is 58.9 Å². The molecule has 0 N–H and O–H groups in total. The van der Waals surface area contributed by atoms with E-state index in [9.17, 15) is 9.59 Å². The third kappa shape index (κ3) is 2.75. The molecule has 0 radical (unpaired) electrons. The van der Waals surface area contributed by atoms with E-state index in [1.165, 1.54) is 25.2 Å². The number of anilines is 1. The van der Waals surface area contributed by atoms with Crippen molar-refractivity contribution in [2.75, 3.05) is 12.0 Å². The molecule has 7 atom stereocenters. The zero-order valence-corrected chi connectivity index (χ0v) is 20.5. The molecule has 3 aliphatic heterocycles. The van der Waals surface area contributed by atoms with Gasteiger partial charge in [-0.3, -0.25) is 14.5 Å². The molecule has 2 saturated carbocycles. The van der Waals surface area contributed by atoms with E-state index >= 15 is 0 Å². The van der Waals surface area contributed by atoms with Gasteiger partial charge in [-0.15, -0.1) is 11.8 Å². The van der Waals surface area contributed by atoms with Gasteiger partial charge >= 0.3 is 0 Å². The Morgan fingerprint density at radius 1 is 0.971 bits per heavy atom. The highest BCUT2D eigenvalue weighted by Crippen LogP contribution is 2.71. The summed E-state index contributed by atoms with van der Waals surface area (Å²) in [5.74, 6) is 1.59. The lowest BCUT2D eigenvalue weighted by Crippen LogP contribution is -2.42. The van der Waals surface area contributed by atoms with Crippen molar-refractivity contribution in [3.63, 3.8) is 0 Å². The Labute approximate surface area is 207 Å².